The first kappa shape index (κ1) is 10.6. The summed E-state index contributed by atoms with van der Waals surface area (Å²) in [6.45, 7) is 4.22. The molecule has 2 heterocycles. The molecule has 4 heteroatoms. The van der Waals surface area contributed by atoms with E-state index >= 15 is 0 Å². The van der Waals surface area contributed by atoms with Gasteiger partial charge in [-0.05, 0) is 44.5 Å². The fourth-order valence-corrected chi connectivity index (χ4v) is 2.72. The lowest BCUT2D eigenvalue weighted by atomic mass is 10.1. The number of fused-ring (bicyclic) bond motifs is 1. The molecule has 1 aliphatic heterocycles. The Morgan fingerprint density at radius 3 is 2.88 bits per heavy atom. The molecule has 3 rings (SSSR count). The summed E-state index contributed by atoms with van der Waals surface area (Å²) >= 11 is 0. The lowest BCUT2D eigenvalue weighted by Gasteiger charge is -2.25. The summed E-state index contributed by atoms with van der Waals surface area (Å²) in [5.74, 6) is 0.654. The second-order valence-electron chi connectivity index (χ2n) is 4.76. The number of nitrogen functional groups attached to an aromatic ring is 1. The molecule has 0 atom stereocenters. The number of nitrogens with one attached hydrogen (secondary N) is 1. The van der Waals surface area contributed by atoms with E-state index in [1.165, 1.54) is 11.1 Å². The minimum atomic E-state index is 0.489. The SMILES string of the molecule is Cc1cccc2c1nc(N)n2C1CCNCC1. The second kappa shape index (κ2) is 4.04. The Bertz CT molecular complexity index is 538. The molecule has 0 amide bonds. The van der Waals surface area contributed by atoms with Crippen molar-refractivity contribution >= 4 is 17.0 Å². The normalized spacial score (nSPS) is 17.7. The molecular weight excluding hydrogens is 212 g/mol. The van der Waals surface area contributed by atoms with Gasteiger partial charge in [0, 0.05) is 6.04 Å². The van der Waals surface area contributed by atoms with Gasteiger partial charge in [0.15, 0.2) is 0 Å². The first-order valence-electron chi connectivity index (χ1n) is 6.21. The van der Waals surface area contributed by atoms with Gasteiger partial charge in [-0.1, -0.05) is 12.1 Å². The number of hydrogen-bond donors (Lipinski definition) is 2. The van der Waals surface area contributed by atoms with Crippen LogP contribution in [0, 0.1) is 6.92 Å². The lowest BCUT2D eigenvalue weighted by Crippen LogP contribution is -2.29. The van der Waals surface area contributed by atoms with Gasteiger partial charge in [-0.3, -0.25) is 0 Å². The number of rotatable bonds is 1. The summed E-state index contributed by atoms with van der Waals surface area (Å²) in [5, 5.41) is 3.38. The number of aromatic nitrogens is 2. The minimum absolute atomic E-state index is 0.489. The van der Waals surface area contributed by atoms with Crippen molar-refractivity contribution in [2.75, 3.05) is 18.8 Å². The zero-order valence-corrected chi connectivity index (χ0v) is 10.1. The molecule has 0 spiro atoms. The molecule has 0 radical (unpaired) electrons. The Hall–Kier alpha value is -1.55. The van der Waals surface area contributed by atoms with Crippen molar-refractivity contribution in [2.24, 2.45) is 0 Å². The van der Waals surface area contributed by atoms with Crippen LogP contribution in [-0.4, -0.2) is 22.6 Å². The van der Waals surface area contributed by atoms with Crippen molar-refractivity contribution in [3.8, 4) is 0 Å². The van der Waals surface area contributed by atoms with Gasteiger partial charge in [-0.15, -0.1) is 0 Å². The highest BCUT2D eigenvalue weighted by Crippen LogP contribution is 2.29. The van der Waals surface area contributed by atoms with Crippen LogP contribution in [0.3, 0.4) is 0 Å². The molecule has 4 nitrogen and oxygen atoms in total. The molecule has 1 aromatic heterocycles. The fourth-order valence-electron chi connectivity index (χ4n) is 2.72. The predicted molar refractivity (Wildman–Crippen MR) is 70.0 cm³/mol. The number of benzene rings is 1. The maximum atomic E-state index is 6.08. The van der Waals surface area contributed by atoms with Crippen molar-refractivity contribution in [3.63, 3.8) is 0 Å². The van der Waals surface area contributed by atoms with Crippen molar-refractivity contribution in [2.45, 2.75) is 25.8 Å². The number of aryl methyl sites for hydroxylation is 1. The minimum Gasteiger partial charge on any atom is -0.369 e. The van der Waals surface area contributed by atoms with Gasteiger partial charge in [0.1, 0.15) is 0 Å². The molecule has 0 bridgehead atoms. The highest BCUT2D eigenvalue weighted by molar-refractivity contribution is 5.81. The first-order valence-corrected chi connectivity index (χ1v) is 6.21. The van der Waals surface area contributed by atoms with Gasteiger partial charge in [0.25, 0.3) is 0 Å². The van der Waals surface area contributed by atoms with Crippen LogP contribution in [0.1, 0.15) is 24.4 Å². The number of hydrogen-bond acceptors (Lipinski definition) is 3. The molecular formula is C13H18N4. The van der Waals surface area contributed by atoms with E-state index in [9.17, 15) is 0 Å². The number of nitrogens with two attached hydrogens (primary N) is 1. The average Bonchev–Trinajstić information content (AvgIpc) is 2.68. The Morgan fingerprint density at radius 1 is 1.35 bits per heavy atom. The van der Waals surface area contributed by atoms with Crippen LogP contribution in [-0.2, 0) is 0 Å². The fraction of sp³-hybridized carbons (Fsp3) is 0.462. The summed E-state index contributed by atoms with van der Waals surface area (Å²) < 4.78 is 2.21. The average molecular weight is 230 g/mol. The molecule has 0 unspecified atom stereocenters. The Morgan fingerprint density at radius 2 is 2.12 bits per heavy atom. The van der Waals surface area contributed by atoms with Crippen LogP contribution in [0.25, 0.3) is 11.0 Å². The molecule has 1 saturated heterocycles. The van der Waals surface area contributed by atoms with Crippen LogP contribution in [0.2, 0.25) is 0 Å². The summed E-state index contributed by atoms with van der Waals surface area (Å²) in [6, 6.07) is 6.77. The maximum Gasteiger partial charge on any atom is 0.201 e. The molecule has 1 fully saturated rings. The van der Waals surface area contributed by atoms with E-state index in [4.69, 9.17) is 5.73 Å². The van der Waals surface area contributed by atoms with Crippen LogP contribution in [0.4, 0.5) is 5.95 Å². The van der Waals surface area contributed by atoms with Gasteiger partial charge in [-0.2, -0.15) is 0 Å². The maximum absolute atomic E-state index is 6.08. The van der Waals surface area contributed by atoms with E-state index in [2.05, 4.69) is 40.0 Å². The number of imidazole rings is 1. The Balaban J connectivity index is 2.14. The van der Waals surface area contributed by atoms with Gasteiger partial charge in [0.05, 0.1) is 11.0 Å². The number of nitrogens with zero attached hydrogens (tertiary/aromatic N) is 2. The quantitative estimate of drug-likeness (QED) is 0.786. The van der Waals surface area contributed by atoms with Crippen LogP contribution >= 0.6 is 0 Å². The van der Waals surface area contributed by atoms with Crippen molar-refractivity contribution in [1.82, 2.24) is 14.9 Å². The van der Waals surface area contributed by atoms with Crippen molar-refractivity contribution in [1.29, 1.82) is 0 Å². The summed E-state index contributed by atoms with van der Waals surface area (Å²) in [6.07, 6.45) is 2.26. The van der Waals surface area contributed by atoms with E-state index in [-0.39, 0.29) is 0 Å². The molecule has 17 heavy (non-hydrogen) atoms. The van der Waals surface area contributed by atoms with Crippen LogP contribution < -0.4 is 11.1 Å². The van der Waals surface area contributed by atoms with E-state index in [0.717, 1.165) is 31.4 Å². The highest BCUT2D eigenvalue weighted by Gasteiger charge is 2.20. The summed E-state index contributed by atoms with van der Waals surface area (Å²) in [7, 11) is 0. The van der Waals surface area contributed by atoms with Gasteiger partial charge in [0.2, 0.25) is 5.95 Å². The van der Waals surface area contributed by atoms with E-state index < -0.39 is 0 Å². The molecule has 1 aromatic carbocycles. The standard InChI is InChI=1S/C13H18N4/c1-9-3-2-4-11-12(9)16-13(14)17(11)10-5-7-15-8-6-10/h2-4,10,15H,5-8H2,1H3,(H2,14,16). The molecule has 3 N–H and O–H groups in total. The van der Waals surface area contributed by atoms with Gasteiger partial charge >= 0.3 is 0 Å². The second-order valence-corrected chi connectivity index (χ2v) is 4.76. The van der Waals surface area contributed by atoms with Crippen molar-refractivity contribution < 1.29 is 0 Å². The number of para-hydroxylation sites is 1. The van der Waals surface area contributed by atoms with E-state index in [1.807, 2.05) is 0 Å². The Kier molecular flexibility index (Phi) is 2.52. The largest absolute Gasteiger partial charge is 0.369 e. The van der Waals surface area contributed by atoms with E-state index in [0.29, 0.717) is 12.0 Å². The summed E-state index contributed by atoms with van der Waals surface area (Å²) in [4.78, 5) is 4.51. The zero-order valence-electron chi connectivity index (χ0n) is 10.1. The highest BCUT2D eigenvalue weighted by atomic mass is 15.2. The lowest BCUT2D eigenvalue weighted by molar-refractivity contribution is 0.378. The number of anilines is 1. The van der Waals surface area contributed by atoms with Gasteiger partial charge in [-0.25, -0.2) is 4.98 Å². The Labute approximate surface area is 101 Å². The number of piperidine rings is 1. The molecule has 0 saturated carbocycles. The molecule has 2 aromatic rings. The predicted octanol–water partition coefficient (Wildman–Crippen LogP) is 1.85. The zero-order chi connectivity index (χ0) is 11.8. The van der Waals surface area contributed by atoms with Crippen molar-refractivity contribution in [3.05, 3.63) is 23.8 Å². The third-order valence-corrected chi connectivity index (χ3v) is 3.62. The summed E-state index contributed by atoms with van der Waals surface area (Å²) in [5.41, 5.74) is 9.50. The molecule has 0 aliphatic carbocycles. The third-order valence-electron chi connectivity index (χ3n) is 3.62. The van der Waals surface area contributed by atoms with Gasteiger partial charge < -0.3 is 15.6 Å². The van der Waals surface area contributed by atoms with Crippen LogP contribution in [0.15, 0.2) is 18.2 Å². The smallest absolute Gasteiger partial charge is 0.201 e. The van der Waals surface area contributed by atoms with Crippen LogP contribution in [0.5, 0.6) is 0 Å². The first-order chi connectivity index (χ1) is 8.27. The van der Waals surface area contributed by atoms with E-state index in [1.54, 1.807) is 0 Å². The molecule has 90 valence electrons. The molecule has 1 aliphatic rings. The third kappa shape index (κ3) is 1.69. The monoisotopic (exact) mass is 230 g/mol. The topological polar surface area (TPSA) is 55.9 Å².